The number of fused-ring (bicyclic) bond motifs is 1. The van der Waals surface area contributed by atoms with Gasteiger partial charge in [0, 0.05) is 12.5 Å². The molecule has 136 valence electrons. The molecule has 1 aliphatic rings. The van der Waals surface area contributed by atoms with E-state index in [9.17, 15) is 19.8 Å². The number of aromatic hydroxyl groups is 1. The first-order valence-electron chi connectivity index (χ1n) is 8.39. The van der Waals surface area contributed by atoms with E-state index in [1.165, 1.54) is 25.3 Å². The van der Waals surface area contributed by atoms with Gasteiger partial charge in [0.05, 0.1) is 19.3 Å². The van der Waals surface area contributed by atoms with Crippen LogP contribution < -0.4 is 4.74 Å². The van der Waals surface area contributed by atoms with Gasteiger partial charge in [0.2, 0.25) is 0 Å². The van der Waals surface area contributed by atoms with Gasteiger partial charge in [-0.15, -0.1) is 0 Å². The fourth-order valence-corrected chi connectivity index (χ4v) is 2.81. The second-order valence-electron chi connectivity index (χ2n) is 6.25. The van der Waals surface area contributed by atoms with Crippen molar-refractivity contribution in [3.63, 3.8) is 0 Å². The van der Waals surface area contributed by atoms with Crippen LogP contribution in [-0.4, -0.2) is 41.3 Å². The molecule has 2 atom stereocenters. The number of cyclic esters (lactones) is 1. The molecule has 2 rings (SSSR count). The number of phenolic OH excluding ortho intramolecular Hbond substituents is 1. The van der Waals surface area contributed by atoms with Crippen LogP contribution in [0.5, 0.6) is 11.5 Å². The summed E-state index contributed by atoms with van der Waals surface area (Å²) in [7, 11) is 1.38. The van der Waals surface area contributed by atoms with Crippen LogP contribution in [0.15, 0.2) is 24.3 Å². The number of benzene rings is 1. The first kappa shape index (κ1) is 19.0. The summed E-state index contributed by atoms with van der Waals surface area (Å²) in [5, 5.41) is 19.8. The molecule has 6 heteroatoms. The van der Waals surface area contributed by atoms with Crippen LogP contribution in [-0.2, 0) is 16.0 Å². The Balaban J connectivity index is 2.40. The van der Waals surface area contributed by atoms with Crippen molar-refractivity contribution in [2.75, 3.05) is 7.11 Å². The number of carbonyl (C=O) groups excluding carboxylic acids is 2. The zero-order chi connectivity index (χ0) is 18.4. The van der Waals surface area contributed by atoms with E-state index in [-0.39, 0.29) is 35.4 Å². The lowest BCUT2D eigenvalue weighted by Crippen LogP contribution is -2.20. The maximum Gasteiger partial charge on any atom is 0.342 e. The van der Waals surface area contributed by atoms with Crippen molar-refractivity contribution in [2.24, 2.45) is 0 Å². The van der Waals surface area contributed by atoms with E-state index in [1.807, 2.05) is 0 Å². The molecule has 2 N–H and O–H groups in total. The Labute approximate surface area is 147 Å². The Morgan fingerprint density at radius 3 is 2.68 bits per heavy atom. The first-order valence-corrected chi connectivity index (χ1v) is 8.39. The van der Waals surface area contributed by atoms with Gasteiger partial charge in [-0.25, -0.2) is 4.79 Å². The minimum atomic E-state index is -0.609. The summed E-state index contributed by atoms with van der Waals surface area (Å²) in [5.74, 6) is -0.738. The normalized spacial score (nSPS) is 24.0. The Kier molecular flexibility index (Phi) is 6.58. The zero-order valence-electron chi connectivity index (χ0n) is 14.5. The maximum absolute atomic E-state index is 12.6. The van der Waals surface area contributed by atoms with Gasteiger partial charge in [-0.2, -0.15) is 0 Å². The quantitative estimate of drug-likeness (QED) is 0.758. The van der Waals surface area contributed by atoms with E-state index in [1.54, 1.807) is 13.0 Å². The highest BCUT2D eigenvalue weighted by atomic mass is 16.5. The van der Waals surface area contributed by atoms with E-state index in [0.29, 0.717) is 31.2 Å². The average molecular weight is 348 g/mol. The molecule has 0 saturated carbocycles. The molecule has 1 aromatic rings. The molecule has 0 unspecified atom stereocenters. The Bertz CT molecular complexity index is 664. The summed E-state index contributed by atoms with van der Waals surface area (Å²) in [6, 6.07) is 2.70. The third kappa shape index (κ3) is 5.32. The van der Waals surface area contributed by atoms with Crippen LogP contribution in [0, 0.1) is 0 Å². The van der Waals surface area contributed by atoms with Crippen LogP contribution >= 0.6 is 0 Å². The molecule has 1 aromatic carbocycles. The fourth-order valence-electron chi connectivity index (χ4n) is 2.81. The number of carbonyl (C=O) groups is 2. The van der Waals surface area contributed by atoms with Crippen LogP contribution in [0.25, 0.3) is 0 Å². The third-order valence-corrected chi connectivity index (χ3v) is 4.14. The highest BCUT2D eigenvalue weighted by Crippen LogP contribution is 2.30. The summed E-state index contributed by atoms with van der Waals surface area (Å²) >= 11 is 0. The number of methoxy groups -OCH3 is 1. The van der Waals surface area contributed by atoms with Gasteiger partial charge in [-0.3, -0.25) is 4.79 Å². The lowest BCUT2D eigenvalue weighted by atomic mass is 9.99. The largest absolute Gasteiger partial charge is 0.508 e. The molecule has 0 saturated heterocycles. The molecule has 0 bridgehead atoms. The summed E-state index contributed by atoms with van der Waals surface area (Å²) < 4.78 is 10.6. The van der Waals surface area contributed by atoms with Gasteiger partial charge < -0.3 is 19.7 Å². The fraction of sp³-hybridized carbons (Fsp3) is 0.474. The van der Waals surface area contributed by atoms with E-state index in [2.05, 4.69) is 0 Å². The number of aliphatic hydroxyl groups excluding tert-OH is 1. The van der Waals surface area contributed by atoms with Crippen molar-refractivity contribution in [1.82, 2.24) is 0 Å². The third-order valence-electron chi connectivity index (χ3n) is 4.14. The number of phenols is 1. The van der Waals surface area contributed by atoms with Gasteiger partial charge in [-0.1, -0.05) is 6.08 Å². The van der Waals surface area contributed by atoms with Gasteiger partial charge in [0.1, 0.15) is 17.1 Å². The minimum Gasteiger partial charge on any atom is -0.508 e. The predicted molar refractivity (Wildman–Crippen MR) is 91.9 cm³/mol. The number of ether oxygens (including phenoxy) is 2. The van der Waals surface area contributed by atoms with Crippen molar-refractivity contribution in [3.8, 4) is 11.5 Å². The number of rotatable bonds is 1. The second-order valence-corrected chi connectivity index (χ2v) is 6.25. The zero-order valence-corrected chi connectivity index (χ0v) is 14.5. The monoisotopic (exact) mass is 348 g/mol. The van der Waals surface area contributed by atoms with Crippen molar-refractivity contribution in [3.05, 3.63) is 35.4 Å². The minimum absolute atomic E-state index is 0.0529. The highest BCUT2D eigenvalue weighted by Gasteiger charge is 2.23. The smallest absolute Gasteiger partial charge is 0.342 e. The van der Waals surface area contributed by atoms with Crippen molar-refractivity contribution in [2.45, 2.75) is 51.2 Å². The average Bonchev–Trinajstić information content (AvgIpc) is 2.55. The molecule has 1 aliphatic heterocycles. The number of hydrogen-bond acceptors (Lipinski definition) is 6. The molecule has 0 fully saturated rings. The molecular weight excluding hydrogens is 324 g/mol. The van der Waals surface area contributed by atoms with E-state index >= 15 is 0 Å². The van der Waals surface area contributed by atoms with E-state index < -0.39 is 12.1 Å². The number of aliphatic hydroxyl groups is 1. The van der Waals surface area contributed by atoms with Crippen LogP contribution in [0.3, 0.4) is 0 Å². The summed E-state index contributed by atoms with van der Waals surface area (Å²) in [6.07, 6.45) is 4.41. The van der Waals surface area contributed by atoms with Gasteiger partial charge in [0.25, 0.3) is 0 Å². The van der Waals surface area contributed by atoms with E-state index in [4.69, 9.17) is 9.47 Å². The van der Waals surface area contributed by atoms with Crippen molar-refractivity contribution < 1.29 is 29.3 Å². The lowest BCUT2D eigenvalue weighted by molar-refractivity contribution is -0.114. The van der Waals surface area contributed by atoms with Crippen LogP contribution in [0.1, 0.15) is 48.5 Å². The van der Waals surface area contributed by atoms with E-state index in [0.717, 1.165) is 0 Å². The number of allylic oxidation sites excluding steroid dienone is 2. The maximum atomic E-state index is 12.6. The van der Waals surface area contributed by atoms with Gasteiger partial charge in [-0.05, 0) is 50.3 Å². The SMILES string of the molecule is COc1cc(O)cc2c1C(=O)O[C@@H](C)CC[C@@H](O)CC/C=C/C(=O)C2. The number of ketones is 1. The summed E-state index contributed by atoms with van der Waals surface area (Å²) in [4.78, 5) is 24.7. The molecule has 0 aromatic heterocycles. The summed E-state index contributed by atoms with van der Waals surface area (Å²) in [5.41, 5.74) is 0.507. The molecule has 0 aliphatic carbocycles. The Morgan fingerprint density at radius 2 is 1.96 bits per heavy atom. The predicted octanol–water partition coefficient (Wildman–Crippen LogP) is 2.55. The molecular formula is C19H24O6. The molecule has 0 spiro atoms. The number of hydrogen-bond donors (Lipinski definition) is 2. The molecule has 0 amide bonds. The Morgan fingerprint density at radius 1 is 1.20 bits per heavy atom. The second kappa shape index (κ2) is 8.67. The summed E-state index contributed by atoms with van der Waals surface area (Å²) in [6.45, 7) is 1.76. The Hall–Kier alpha value is -2.34. The van der Waals surface area contributed by atoms with Crippen LogP contribution in [0.2, 0.25) is 0 Å². The molecule has 6 nitrogen and oxygen atoms in total. The molecule has 1 heterocycles. The molecule has 0 radical (unpaired) electrons. The number of esters is 1. The van der Waals surface area contributed by atoms with Crippen molar-refractivity contribution >= 4 is 11.8 Å². The highest BCUT2D eigenvalue weighted by molar-refractivity contribution is 5.98. The standard InChI is InChI=1S/C19H24O6/c1-12-7-8-14(20)5-3-4-6-15(21)9-13-10-16(22)11-17(24-2)18(13)19(23)25-12/h4,6,10-12,14,20,22H,3,5,7-9H2,1-2H3/b6-4+/t12-,14-/m0/s1. The van der Waals surface area contributed by atoms with Crippen LogP contribution in [0.4, 0.5) is 0 Å². The lowest BCUT2D eigenvalue weighted by Gasteiger charge is -2.18. The molecule has 25 heavy (non-hydrogen) atoms. The van der Waals surface area contributed by atoms with Gasteiger partial charge in [0.15, 0.2) is 5.78 Å². The topological polar surface area (TPSA) is 93.1 Å². The van der Waals surface area contributed by atoms with Gasteiger partial charge >= 0.3 is 5.97 Å². The first-order chi connectivity index (χ1) is 11.9. The van der Waals surface area contributed by atoms with Crippen molar-refractivity contribution in [1.29, 1.82) is 0 Å².